The van der Waals surface area contributed by atoms with Gasteiger partial charge < -0.3 is 5.11 Å². The van der Waals surface area contributed by atoms with Crippen LogP contribution in [0, 0.1) is 20.8 Å². The Morgan fingerprint density at radius 2 is 1.81 bits per heavy atom. The lowest BCUT2D eigenvalue weighted by Gasteiger charge is -2.14. The Balaban J connectivity index is 2.45. The maximum absolute atomic E-state index is 10.4. The lowest BCUT2D eigenvalue weighted by atomic mass is 9.99. The fraction of sp³-hybridized carbons (Fsp3) is 0.286. The molecule has 1 nitrogen and oxygen atoms in total. The summed E-state index contributed by atoms with van der Waals surface area (Å²) in [6.45, 7) is 6.14. The summed E-state index contributed by atoms with van der Waals surface area (Å²) >= 11 is 1.62. The van der Waals surface area contributed by atoms with Gasteiger partial charge in [-0.2, -0.15) is 0 Å². The molecule has 0 aliphatic heterocycles. The van der Waals surface area contributed by atoms with Gasteiger partial charge in [0.05, 0.1) is 0 Å². The Hall–Kier alpha value is -1.12. The number of thiophene rings is 1. The molecule has 1 unspecified atom stereocenters. The normalized spacial score (nSPS) is 12.8. The lowest BCUT2D eigenvalue weighted by Crippen LogP contribution is -2.01. The third-order valence-electron chi connectivity index (χ3n) is 2.88. The zero-order valence-electron chi connectivity index (χ0n) is 9.82. The van der Waals surface area contributed by atoms with Crippen LogP contribution in [0.15, 0.2) is 29.6 Å². The van der Waals surface area contributed by atoms with E-state index in [4.69, 9.17) is 0 Å². The highest BCUT2D eigenvalue weighted by Gasteiger charge is 2.16. The fourth-order valence-corrected chi connectivity index (χ4v) is 2.79. The molecule has 1 heterocycles. The largest absolute Gasteiger partial charge is 0.383 e. The first kappa shape index (κ1) is 11.4. The van der Waals surface area contributed by atoms with Gasteiger partial charge in [0.15, 0.2) is 0 Å². The molecule has 0 amide bonds. The van der Waals surface area contributed by atoms with E-state index in [1.54, 1.807) is 11.3 Å². The number of aliphatic hydroxyl groups is 1. The van der Waals surface area contributed by atoms with E-state index in [0.717, 1.165) is 16.0 Å². The first-order valence-corrected chi connectivity index (χ1v) is 6.27. The molecule has 0 spiro atoms. The minimum atomic E-state index is -0.486. The van der Waals surface area contributed by atoms with Gasteiger partial charge in [-0.15, -0.1) is 11.3 Å². The van der Waals surface area contributed by atoms with Crippen LogP contribution in [0.2, 0.25) is 0 Å². The summed E-state index contributed by atoms with van der Waals surface area (Å²) in [4.78, 5) is 1.05. The van der Waals surface area contributed by atoms with Gasteiger partial charge in [0.2, 0.25) is 0 Å². The van der Waals surface area contributed by atoms with Gasteiger partial charge in [-0.05, 0) is 48.9 Å². The number of benzene rings is 1. The van der Waals surface area contributed by atoms with Gasteiger partial charge in [0.25, 0.3) is 0 Å². The molecule has 84 valence electrons. The SMILES string of the molecule is Cc1ccc(C)c(C(O)c2sccc2C)c1. The fourth-order valence-electron chi connectivity index (χ4n) is 1.86. The Bertz CT molecular complexity index is 499. The van der Waals surface area contributed by atoms with Crippen molar-refractivity contribution >= 4 is 11.3 Å². The standard InChI is InChI=1S/C14H16OS/c1-9-4-5-10(2)12(8-9)13(15)14-11(3)6-7-16-14/h4-8,13,15H,1-3H3. The van der Waals surface area contributed by atoms with Crippen LogP contribution in [0.3, 0.4) is 0 Å². The molecular formula is C14H16OS. The molecule has 1 aromatic heterocycles. The van der Waals surface area contributed by atoms with Crippen LogP contribution in [-0.2, 0) is 0 Å². The highest BCUT2D eigenvalue weighted by Crippen LogP contribution is 2.31. The quantitative estimate of drug-likeness (QED) is 0.836. The zero-order chi connectivity index (χ0) is 11.7. The number of hydrogen-bond acceptors (Lipinski definition) is 2. The van der Waals surface area contributed by atoms with Crippen molar-refractivity contribution in [3.63, 3.8) is 0 Å². The third-order valence-corrected chi connectivity index (χ3v) is 3.95. The summed E-state index contributed by atoms with van der Waals surface area (Å²) in [6, 6.07) is 8.26. The van der Waals surface area contributed by atoms with E-state index >= 15 is 0 Å². The Labute approximate surface area is 100 Å². The highest BCUT2D eigenvalue weighted by molar-refractivity contribution is 7.10. The average molecular weight is 232 g/mol. The van der Waals surface area contributed by atoms with Gasteiger partial charge in [-0.1, -0.05) is 23.8 Å². The second-order valence-corrected chi connectivity index (χ2v) is 5.18. The average Bonchev–Trinajstić information content (AvgIpc) is 2.67. The van der Waals surface area contributed by atoms with Crippen molar-refractivity contribution in [3.05, 3.63) is 56.8 Å². The molecule has 0 fully saturated rings. The molecule has 2 rings (SSSR count). The molecule has 0 saturated carbocycles. The predicted octanol–water partition coefficient (Wildman–Crippen LogP) is 3.76. The molecule has 0 radical (unpaired) electrons. The molecule has 0 aliphatic carbocycles. The van der Waals surface area contributed by atoms with Crippen LogP contribution in [0.5, 0.6) is 0 Å². The van der Waals surface area contributed by atoms with E-state index in [1.807, 2.05) is 25.3 Å². The summed E-state index contributed by atoms with van der Waals surface area (Å²) in [5.74, 6) is 0. The van der Waals surface area contributed by atoms with E-state index in [9.17, 15) is 5.11 Å². The summed E-state index contributed by atoms with van der Waals surface area (Å²) < 4.78 is 0. The van der Waals surface area contributed by atoms with Crippen LogP contribution < -0.4 is 0 Å². The van der Waals surface area contributed by atoms with E-state index in [2.05, 4.69) is 25.1 Å². The number of aryl methyl sites for hydroxylation is 3. The van der Waals surface area contributed by atoms with Crippen molar-refractivity contribution in [3.8, 4) is 0 Å². The third kappa shape index (κ3) is 2.04. The molecule has 0 saturated heterocycles. The summed E-state index contributed by atoms with van der Waals surface area (Å²) in [6.07, 6.45) is -0.486. The van der Waals surface area contributed by atoms with Crippen molar-refractivity contribution in [2.45, 2.75) is 26.9 Å². The Morgan fingerprint density at radius 1 is 1.06 bits per heavy atom. The predicted molar refractivity (Wildman–Crippen MR) is 69.0 cm³/mol. The smallest absolute Gasteiger partial charge is 0.114 e. The van der Waals surface area contributed by atoms with E-state index < -0.39 is 6.10 Å². The number of rotatable bonds is 2. The topological polar surface area (TPSA) is 20.2 Å². The van der Waals surface area contributed by atoms with Crippen LogP contribution >= 0.6 is 11.3 Å². The van der Waals surface area contributed by atoms with Crippen LogP contribution in [-0.4, -0.2) is 5.11 Å². The van der Waals surface area contributed by atoms with Crippen molar-refractivity contribution in [2.75, 3.05) is 0 Å². The first-order valence-electron chi connectivity index (χ1n) is 5.39. The maximum Gasteiger partial charge on any atom is 0.114 e. The molecule has 0 bridgehead atoms. The molecule has 2 aromatic rings. The highest BCUT2D eigenvalue weighted by atomic mass is 32.1. The molecule has 1 atom stereocenters. The molecule has 0 aliphatic rings. The van der Waals surface area contributed by atoms with Crippen molar-refractivity contribution in [2.24, 2.45) is 0 Å². The number of aliphatic hydroxyl groups excluding tert-OH is 1. The van der Waals surface area contributed by atoms with Crippen molar-refractivity contribution in [1.82, 2.24) is 0 Å². The Kier molecular flexibility index (Phi) is 3.13. The second kappa shape index (κ2) is 4.40. The van der Waals surface area contributed by atoms with Gasteiger partial charge >= 0.3 is 0 Å². The van der Waals surface area contributed by atoms with Crippen LogP contribution in [0.25, 0.3) is 0 Å². The minimum absolute atomic E-state index is 0.486. The Morgan fingerprint density at radius 3 is 2.44 bits per heavy atom. The van der Waals surface area contributed by atoms with Crippen molar-refractivity contribution in [1.29, 1.82) is 0 Å². The van der Waals surface area contributed by atoms with Gasteiger partial charge in [-0.3, -0.25) is 0 Å². The first-order chi connectivity index (χ1) is 7.59. The van der Waals surface area contributed by atoms with Crippen LogP contribution in [0.1, 0.15) is 33.2 Å². The maximum atomic E-state index is 10.4. The number of hydrogen-bond donors (Lipinski definition) is 1. The summed E-state index contributed by atoms with van der Waals surface area (Å²) in [5.41, 5.74) is 4.52. The van der Waals surface area contributed by atoms with Crippen LogP contribution in [0.4, 0.5) is 0 Å². The summed E-state index contributed by atoms with van der Waals surface area (Å²) in [5, 5.41) is 12.4. The van der Waals surface area contributed by atoms with E-state index in [-0.39, 0.29) is 0 Å². The van der Waals surface area contributed by atoms with E-state index in [1.165, 1.54) is 11.1 Å². The van der Waals surface area contributed by atoms with Gasteiger partial charge in [0, 0.05) is 4.88 Å². The molecule has 1 aromatic carbocycles. The monoisotopic (exact) mass is 232 g/mol. The minimum Gasteiger partial charge on any atom is -0.383 e. The van der Waals surface area contributed by atoms with E-state index in [0.29, 0.717) is 0 Å². The molecule has 2 heteroatoms. The summed E-state index contributed by atoms with van der Waals surface area (Å²) in [7, 11) is 0. The molecule has 16 heavy (non-hydrogen) atoms. The van der Waals surface area contributed by atoms with Crippen molar-refractivity contribution < 1.29 is 5.11 Å². The second-order valence-electron chi connectivity index (χ2n) is 4.23. The van der Waals surface area contributed by atoms with Gasteiger partial charge in [-0.25, -0.2) is 0 Å². The van der Waals surface area contributed by atoms with Gasteiger partial charge in [0.1, 0.15) is 6.10 Å². The zero-order valence-corrected chi connectivity index (χ0v) is 10.6. The molecular weight excluding hydrogens is 216 g/mol. The lowest BCUT2D eigenvalue weighted by molar-refractivity contribution is 0.222. The molecule has 1 N–H and O–H groups in total.